The Morgan fingerprint density at radius 3 is 2.11 bits per heavy atom. The zero-order valence-electron chi connectivity index (χ0n) is 15.9. The molecule has 0 radical (unpaired) electrons. The first kappa shape index (κ1) is 19.7. The Kier molecular flexibility index (Phi) is 5.84. The number of aromatic nitrogens is 1. The second-order valence-corrected chi connectivity index (χ2v) is 8.04. The van der Waals surface area contributed by atoms with Crippen LogP contribution in [0.15, 0.2) is 65.8 Å². The van der Waals surface area contributed by atoms with Crippen LogP contribution in [-0.2, 0) is 15.6 Å². The van der Waals surface area contributed by atoms with Crippen LogP contribution in [0.5, 0.6) is 17.2 Å². The van der Waals surface area contributed by atoms with Gasteiger partial charge < -0.3 is 14.2 Å². The molecule has 0 atom stereocenters. The summed E-state index contributed by atoms with van der Waals surface area (Å²) in [6.07, 6.45) is 3.25. The van der Waals surface area contributed by atoms with Gasteiger partial charge in [-0.1, -0.05) is 12.1 Å². The van der Waals surface area contributed by atoms with Crippen molar-refractivity contribution in [1.82, 2.24) is 4.98 Å². The van der Waals surface area contributed by atoms with E-state index in [1.54, 1.807) is 31.6 Å². The molecule has 0 saturated carbocycles. The van der Waals surface area contributed by atoms with Gasteiger partial charge in [-0.25, -0.2) is 8.42 Å². The summed E-state index contributed by atoms with van der Waals surface area (Å²) in [4.78, 5) is 4.29. The van der Waals surface area contributed by atoms with Gasteiger partial charge in [-0.05, 0) is 41.5 Å². The Bertz CT molecular complexity index is 1060. The van der Waals surface area contributed by atoms with Gasteiger partial charge in [0.25, 0.3) is 0 Å². The monoisotopic (exact) mass is 399 g/mol. The van der Waals surface area contributed by atoms with Crippen LogP contribution in [0.4, 0.5) is 0 Å². The van der Waals surface area contributed by atoms with Crippen molar-refractivity contribution in [1.29, 1.82) is 0 Å². The lowest BCUT2D eigenvalue weighted by molar-refractivity contribution is 0.392. The quantitative estimate of drug-likeness (QED) is 0.602. The van der Waals surface area contributed by atoms with E-state index in [0.717, 1.165) is 16.9 Å². The van der Waals surface area contributed by atoms with Gasteiger partial charge in [0.1, 0.15) is 22.1 Å². The number of pyridine rings is 1. The fraction of sp³-hybridized carbons (Fsp3) is 0.190. The van der Waals surface area contributed by atoms with E-state index in [9.17, 15) is 8.42 Å². The van der Waals surface area contributed by atoms with E-state index in [1.165, 1.54) is 20.3 Å². The molecule has 3 rings (SSSR count). The molecule has 0 N–H and O–H groups in total. The minimum atomic E-state index is -3.66. The van der Waals surface area contributed by atoms with Crippen molar-refractivity contribution in [3.63, 3.8) is 0 Å². The van der Waals surface area contributed by atoms with Gasteiger partial charge in [-0.2, -0.15) is 0 Å². The van der Waals surface area contributed by atoms with Crippen molar-refractivity contribution in [2.45, 2.75) is 10.6 Å². The molecular weight excluding hydrogens is 378 g/mol. The first-order chi connectivity index (χ1) is 13.5. The highest BCUT2D eigenvalue weighted by molar-refractivity contribution is 7.90. The Balaban J connectivity index is 1.93. The Hall–Kier alpha value is -3.06. The van der Waals surface area contributed by atoms with Gasteiger partial charge in [-0.15, -0.1) is 0 Å². The van der Waals surface area contributed by atoms with E-state index in [0.29, 0.717) is 11.3 Å². The number of rotatable bonds is 7. The van der Waals surface area contributed by atoms with Gasteiger partial charge in [-0.3, -0.25) is 4.98 Å². The van der Waals surface area contributed by atoms with Crippen molar-refractivity contribution in [2.24, 2.45) is 0 Å². The van der Waals surface area contributed by atoms with Crippen LogP contribution in [0.1, 0.15) is 5.56 Å². The molecule has 0 aliphatic carbocycles. The molecule has 28 heavy (non-hydrogen) atoms. The summed E-state index contributed by atoms with van der Waals surface area (Å²) >= 11 is 0. The Morgan fingerprint density at radius 2 is 1.46 bits per heavy atom. The molecule has 0 fully saturated rings. The maximum Gasteiger partial charge on any atom is 0.186 e. The molecule has 0 unspecified atom stereocenters. The maximum atomic E-state index is 13.0. The molecule has 0 spiro atoms. The van der Waals surface area contributed by atoms with Crippen molar-refractivity contribution >= 4 is 9.84 Å². The highest BCUT2D eigenvalue weighted by Gasteiger charge is 2.22. The normalized spacial score (nSPS) is 11.1. The molecule has 1 aromatic heterocycles. The van der Waals surface area contributed by atoms with Crippen LogP contribution < -0.4 is 14.2 Å². The SMILES string of the molecule is COc1ccc(-c2cncc(CS(=O)(=O)c3cc(OC)ccc3OC)c2)cc1. The third kappa shape index (κ3) is 4.26. The lowest BCUT2D eigenvalue weighted by Crippen LogP contribution is -2.07. The number of ether oxygens (including phenoxy) is 3. The van der Waals surface area contributed by atoms with Gasteiger partial charge in [0.05, 0.1) is 27.1 Å². The molecular formula is C21H21NO5S. The van der Waals surface area contributed by atoms with Crippen LogP contribution in [-0.4, -0.2) is 34.7 Å². The lowest BCUT2D eigenvalue weighted by atomic mass is 10.1. The van der Waals surface area contributed by atoms with E-state index in [4.69, 9.17) is 14.2 Å². The molecule has 0 amide bonds. The molecule has 0 aliphatic heterocycles. The van der Waals surface area contributed by atoms with Gasteiger partial charge in [0, 0.05) is 24.0 Å². The molecule has 1 heterocycles. The number of sulfone groups is 1. The standard InChI is InChI=1S/C21H21NO5S/c1-25-18-6-4-16(5-7-18)17-10-15(12-22-13-17)14-28(23,24)21-11-19(26-2)8-9-20(21)27-3/h4-13H,14H2,1-3H3. The summed E-state index contributed by atoms with van der Waals surface area (Å²) in [5, 5.41) is 0. The molecule has 2 aromatic carbocycles. The Labute approximate surface area is 164 Å². The third-order valence-electron chi connectivity index (χ3n) is 4.28. The summed E-state index contributed by atoms with van der Waals surface area (Å²) in [6.45, 7) is 0. The number of nitrogens with zero attached hydrogens (tertiary/aromatic N) is 1. The van der Waals surface area contributed by atoms with Crippen molar-refractivity contribution in [3.8, 4) is 28.4 Å². The van der Waals surface area contributed by atoms with Crippen LogP contribution in [0.25, 0.3) is 11.1 Å². The largest absolute Gasteiger partial charge is 0.497 e. The molecule has 3 aromatic rings. The average Bonchev–Trinajstić information content (AvgIpc) is 2.73. The topological polar surface area (TPSA) is 74.7 Å². The smallest absolute Gasteiger partial charge is 0.186 e. The van der Waals surface area contributed by atoms with Gasteiger partial charge >= 0.3 is 0 Å². The van der Waals surface area contributed by atoms with Crippen LogP contribution in [0.2, 0.25) is 0 Å². The van der Waals surface area contributed by atoms with Crippen LogP contribution in [0.3, 0.4) is 0 Å². The molecule has 0 aliphatic rings. The van der Waals surface area contributed by atoms with Crippen molar-refractivity contribution in [3.05, 3.63) is 66.5 Å². The fourth-order valence-electron chi connectivity index (χ4n) is 2.83. The van der Waals surface area contributed by atoms with Gasteiger partial charge in [0.2, 0.25) is 0 Å². The van der Waals surface area contributed by atoms with Crippen molar-refractivity contribution in [2.75, 3.05) is 21.3 Å². The van der Waals surface area contributed by atoms with Crippen LogP contribution >= 0.6 is 0 Å². The lowest BCUT2D eigenvalue weighted by Gasteiger charge is -2.12. The first-order valence-corrected chi connectivity index (χ1v) is 10.1. The predicted octanol–water partition coefficient (Wildman–Crippen LogP) is 3.75. The summed E-state index contributed by atoms with van der Waals surface area (Å²) < 4.78 is 41.5. The van der Waals surface area contributed by atoms with Gasteiger partial charge in [0.15, 0.2) is 9.84 Å². The highest BCUT2D eigenvalue weighted by Crippen LogP contribution is 2.31. The summed E-state index contributed by atoms with van der Waals surface area (Å²) in [7, 11) is 0.866. The summed E-state index contributed by atoms with van der Waals surface area (Å²) in [5.74, 6) is 1.28. The van der Waals surface area contributed by atoms with Crippen molar-refractivity contribution < 1.29 is 22.6 Å². The van der Waals surface area contributed by atoms with Crippen LogP contribution in [0, 0.1) is 0 Å². The third-order valence-corrected chi connectivity index (χ3v) is 5.98. The maximum absolute atomic E-state index is 13.0. The molecule has 6 nitrogen and oxygen atoms in total. The molecule has 0 bridgehead atoms. The number of hydrogen-bond acceptors (Lipinski definition) is 6. The number of benzene rings is 2. The summed E-state index contributed by atoms with van der Waals surface area (Å²) in [6, 6.07) is 14.0. The first-order valence-electron chi connectivity index (χ1n) is 8.50. The highest BCUT2D eigenvalue weighted by atomic mass is 32.2. The van der Waals surface area contributed by atoms with E-state index >= 15 is 0 Å². The molecule has 0 saturated heterocycles. The second kappa shape index (κ2) is 8.31. The van der Waals surface area contributed by atoms with E-state index in [-0.39, 0.29) is 16.4 Å². The number of hydrogen-bond donors (Lipinski definition) is 0. The summed E-state index contributed by atoms with van der Waals surface area (Å²) in [5.41, 5.74) is 2.33. The molecule has 146 valence electrons. The van der Waals surface area contributed by atoms with E-state index in [2.05, 4.69) is 4.98 Å². The minimum Gasteiger partial charge on any atom is -0.497 e. The predicted molar refractivity (Wildman–Crippen MR) is 107 cm³/mol. The van der Waals surface area contributed by atoms with E-state index in [1.807, 2.05) is 30.3 Å². The molecule has 7 heteroatoms. The van der Waals surface area contributed by atoms with E-state index < -0.39 is 9.84 Å². The number of methoxy groups -OCH3 is 3. The average molecular weight is 399 g/mol. The second-order valence-electron chi connectivity index (χ2n) is 6.09. The zero-order valence-corrected chi connectivity index (χ0v) is 16.7. The zero-order chi connectivity index (χ0) is 20.1. The minimum absolute atomic E-state index is 0.0872. The fourth-order valence-corrected chi connectivity index (χ4v) is 4.34. The Morgan fingerprint density at radius 1 is 0.786 bits per heavy atom.